The first-order valence-electron chi connectivity index (χ1n) is 13.6. The van der Waals surface area contributed by atoms with Gasteiger partial charge in [-0.1, -0.05) is 61.8 Å². The van der Waals surface area contributed by atoms with Gasteiger partial charge < -0.3 is 19.7 Å². The van der Waals surface area contributed by atoms with Gasteiger partial charge in [0.2, 0.25) is 11.8 Å². The Morgan fingerprint density at radius 3 is 2.27 bits per heavy atom. The van der Waals surface area contributed by atoms with Crippen molar-refractivity contribution in [1.29, 1.82) is 0 Å². The van der Waals surface area contributed by atoms with Crippen molar-refractivity contribution in [2.75, 3.05) is 13.2 Å². The van der Waals surface area contributed by atoms with E-state index in [1.54, 1.807) is 39.8 Å². The van der Waals surface area contributed by atoms with Crippen molar-refractivity contribution in [3.8, 4) is 0 Å². The van der Waals surface area contributed by atoms with Gasteiger partial charge in [0, 0.05) is 36.0 Å². The number of hydrogen-bond donors (Lipinski definition) is 1. The predicted molar refractivity (Wildman–Crippen MR) is 158 cm³/mol. The van der Waals surface area contributed by atoms with E-state index in [4.69, 9.17) is 21.1 Å². The fraction of sp³-hybridized carbons (Fsp3) is 0.419. The molecular weight excluding hydrogens is 546 g/mol. The second-order valence-electron chi connectivity index (χ2n) is 11.1. The molecule has 2 amide bonds. The van der Waals surface area contributed by atoms with Crippen molar-refractivity contribution in [3.63, 3.8) is 0 Å². The molecule has 41 heavy (non-hydrogen) atoms. The van der Waals surface area contributed by atoms with E-state index in [9.17, 15) is 19.2 Å². The number of fused-ring (bicyclic) bond motifs is 1. The maximum Gasteiger partial charge on any atom is 0.419 e. The number of hydrogen-bond acceptors (Lipinski definition) is 6. The average Bonchev–Trinajstić information content (AvgIpc) is 3.20. The minimum absolute atomic E-state index is 0.0111. The topological polar surface area (TPSA) is 107 Å². The third-order valence-electron chi connectivity index (χ3n) is 6.12. The van der Waals surface area contributed by atoms with Crippen LogP contribution >= 0.6 is 11.6 Å². The molecule has 1 N–H and O–H groups in total. The largest absolute Gasteiger partial charge is 0.461 e. The van der Waals surface area contributed by atoms with Crippen molar-refractivity contribution in [1.82, 2.24) is 14.8 Å². The Labute approximate surface area is 245 Å². The molecule has 1 unspecified atom stereocenters. The van der Waals surface area contributed by atoms with Crippen LogP contribution in [0.15, 0.2) is 48.5 Å². The minimum Gasteiger partial charge on any atom is -0.461 e. The zero-order valence-electron chi connectivity index (χ0n) is 24.6. The second kappa shape index (κ2) is 13.2. The van der Waals surface area contributed by atoms with E-state index in [2.05, 4.69) is 5.32 Å². The van der Waals surface area contributed by atoms with Crippen LogP contribution in [0, 0.1) is 5.92 Å². The number of halogens is 1. The van der Waals surface area contributed by atoms with Crippen LogP contribution in [0.2, 0.25) is 5.02 Å². The molecule has 2 aromatic carbocycles. The van der Waals surface area contributed by atoms with E-state index in [-0.39, 0.29) is 48.3 Å². The molecule has 1 heterocycles. The zero-order valence-corrected chi connectivity index (χ0v) is 25.4. The van der Waals surface area contributed by atoms with E-state index in [1.165, 1.54) is 17.9 Å². The maximum absolute atomic E-state index is 14.1. The van der Waals surface area contributed by atoms with Gasteiger partial charge in [-0.05, 0) is 51.3 Å². The number of nitrogens with zero attached hydrogens (tertiary/aromatic N) is 2. The SMILES string of the molecule is CCOC(=O)c1c(C(C(=O)NCc2ccccc2)N(CC(C)C)C(C)=O)c2ccc(Cl)cc2n1C(=O)OC(C)(C)C. The first-order chi connectivity index (χ1) is 19.2. The highest BCUT2D eigenvalue weighted by Crippen LogP contribution is 2.37. The van der Waals surface area contributed by atoms with Crippen LogP contribution in [0.1, 0.15) is 76.1 Å². The quantitative estimate of drug-likeness (QED) is 0.304. The Balaban J connectivity index is 2.36. The normalized spacial score (nSPS) is 12.2. The van der Waals surface area contributed by atoms with Crippen molar-refractivity contribution in [2.45, 2.75) is 66.7 Å². The van der Waals surface area contributed by atoms with Crippen LogP contribution in [0.5, 0.6) is 0 Å². The molecule has 0 spiro atoms. The van der Waals surface area contributed by atoms with Gasteiger partial charge in [-0.25, -0.2) is 14.2 Å². The Hall–Kier alpha value is -3.85. The molecule has 1 aromatic heterocycles. The van der Waals surface area contributed by atoms with Gasteiger partial charge in [-0.3, -0.25) is 9.59 Å². The first-order valence-corrected chi connectivity index (χ1v) is 14.0. The molecule has 1 atom stereocenters. The molecule has 0 aliphatic heterocycles. The third kappa shape index (κ3) is 7.67. The molecular formula is C31H38ClN3O6. The average molecular weight is 584 g/mol. The number of aromatic nitrogens is 1. The Bertz CT molecular complexity index is 1430. The van der Waals surface area contributed by atoms with Crippen molar-refractivity contribution in [3.05, 3.63) is 70.4 Å². The van der Waals surface area contributed by atoms with E-state index >= 15 is 0 Å². The Morgan fingerprint density at radius 1 is 1.05 bits per heavy atom. The number of ether oxygens (including phenoxy) is 2. The molecule has 0 aliphatic rings. The molecule has 0 bridgehead atoms. The van der Waals surface area contributed by atoms with E-state index in [0.717, 1.165) is 10.1 Å². The summed E-state index contributed by atoms with van der Waals surface area (Å²) in [7, 11) is 0. The number of rotatable bonds is 9. The number of nitrogens with one attached hydrogen (secondary N) is 1. The summed E-state index contributed by atoms with van der Waals surface area (Å²) in [6.45, 7) is 12.4. The van der Waals surface area contributed by atoms with Crippen LogP contribution in [0.3, 0.4) is 0 Å². The summed E-state index contributed by atoms with van der Waals surface area (Å²) < 4.78 is 12.1. The second-order valence-corrected chi connectivity index (χ2v) is 11.6. The van der Waals surface area contributed by atoms with Gasteiger partial charge in [0.1, 0.15) is 17.3 Å². The summed E-state index contributed by atoms with van der Waals surface area (Å²) in [6, 6.07) is 12.8. The van der Waals surface area contributed by atoms with Crippen LogP contribution in [-0.2, 0) is 25.6 Å². The Kier molecular flexibility index (Phi) is 10.2. The summed E-state index contributed by atoms with van der Waals surface area (Å²) in [6.07, 6.45) is -0.847. The number of carbonyl (C=O) groups is 4. The molecule has 220 valence electrons. The molecule has 0 fully saturated rings. The molecule has 9 nitrogen and oxygen atoms in total. The lowest BCUT2D eigenvalue weighted by Crippen LogP contribution is -2.45. The van der Waals surface area contributed by atoms with E-state index in [1.807, 2.05) is 44.2 Å². The maximum atomic E-state index is 14.1. The van der Waals surface area contributed by atoms with Crippen LogP contribution < -0.4 is 5.32 Å². The molecule has 0 saturated carbocycles. The third-order valence-corrected chi connectivity index (χ3v) is 6.36. The molecule has 3 aromatic rings. The van der Waals surface area contributed by atoms with Gasteiger partial charge in [-0.2, -0.15) is 0 Å². The molecule has 10 heteroatoms. The van der Waals surface area contributed by atoms with Crippen LogP contribution in [0.25, 0.3) is 10.9 Å². The lowest BCUT2D eigenvalue weighted by Gasteiger charge is -2.32. The lowest BCUT2D eigenvalue weighted by molar-refractivity contribution is -0.139. The van der Waals surface area contributed by atoms with E-state index < -0.39 is 29.6 Å². The summed E-state index contributed by atoms with van der Waals surface area (Å²) in [5.74, 6) is -1.74. The molecule has 0 saturated heterocycles. The van der Waals surface area contributed by atoms with Crippen LogP contribution in [-0.4, -0.2) is 52.1 Å². The fourth-order valence-corrected chi connectivity index (χ4v) is 4.75. The number of carbonyl (C=O) groups excluding carboxylic acids is 4. The van der Waals surface area contributed by atoms with Gasteiger partial charge >= 0.3 is 12.1 Å². The number of benzene rings is 2. The van der Waals surface area contributed by atoms with Gasteiger partial charge in [0.25, 0.3) is 0 Å². The van der Waals surface area contributed by atoms with Crippen molar-refractivity contribution >= 4 is 46.4 Å². The van der Waals surface area contributed by atoms with Crippen molar-refractivity contribution < 1.29 is 28.7 Å². The summed E-state index contributed by atoms with van der Waals surface area (Å²) in [5.41, 5.74) is 0.161. The zero-order chi connectivity index (χ0) is 30.5. The van der Waals surface area contributed by atoms with Gasteiger partial charge in [0.05, 0.1) is 12.1 Å². The van der Waals surface area contributed by atoms with Crippen LogP contribution in [0.4, 0.5) is 4.79 Å². The molecule has 3 rings (SSSR count). The summed E-state index contributed by atoms with van der Waals surface area (Å²) in [4.78, 5) is 55.8. The highest BCUT2D eigenvalue weighted by atomic mass is 35.5. The highest BCUT2D eigenvalue weighted by Gasteiger charge is 2.40. The summed E-state index contributed by atoms with van der Waals surface area (Å²) >= 11 is 6.35. The minimum atomic E-state index is -1.27. The summed E-state index contributed by atoms with van der Waals surface area (Å²) in [5, 5.41) is 3.61. The predicted octanol–water partition coefficient (Wildman–Crippen LogP) is 6.12. The van der Waals surface area contributed by atoms with Gasteiger partial charge in [0.15, 0.2) is 0 Å². The smallest absolute Gasteiger partial charge is 0.419 e. The standard InChI is InChI=1S/C31H38ClN3O6/c1-8-40-29(38)27-25(23-15-14-22(32)16-24(23)35(27)30(39)41-31(5,6)7)26(34(20(4)36)18-19(2)3)28(37)33-17-21-12-10-9-11-13-21/h9-16,19,26H,8,17-18H2,1-7H3,(H,33,37). The molecule has 0 aliphatic carbocycles. The molecule has 0 radical (unpaired) electrons. The fourth-order valence-electron chi connectivity index (χ4n) is 4.58. The van der Waals surface area contributed by atoms with Gasteiger partial charge in [-0.15, -0.1) is 0 Å². The lowest BCUT2D eigenvalue weighted by atomic mass is 9.98. The number of amides is 2. The highest BCUT2D eigenvalue weighted by molar-refractivity contribution is 6.31. The monoisotopic (exact) mass is 583 g/mol. The Morgan fingerprint density at radius 2 is 1.71 bits per heavy atom. The first kappa shape index (κ1) is 31.7. The van der Waals surface area contributed by atoms with E-state index in [0.29, 0.717) is 10.4 Å². The number of esters is 1. The van der Waals surface area contributed by atoms with Crippen molar-refractivity contribution in [2.24, 2.45) is 5.92 Å².